The first-order valence-corrected chi connectivity index (χ1v) is 10.4. The van der Waals surface area contributed by atoms with Crippen molar-refractivity contribution in [3.63, 3.8) is 0 Å². The summed E-state index contributed by atoms with van der Waals surface area (Å²) in [5.74, 6) is -0.475. The van der Waals surface area contributed by atoms with E-state index < -0.39 is 26.4 Å². The van der Waals surface area contributed by atoms with Crippen LogP contribution in [0.2, 0.25) is 10.0 Å². The number of benzene rings is 2. The smallest absolute Gasteiger partial charge is 0.183 e. The molecule has 1 saturated carbocycles. The second-order valence-corrected chi connectivity index (χ2v) is 9.18. The quantitative estimate of drug-likeness (QED) is 0.704. The van der Waals surface area contributed by atoms with Gasteiger partial charge in [-0.2, -0.15) is 5.26 Å². The van der Waals surface area contributed by atoms with Gasteiger partial charge in [0.15, 0.2) is 9.84 Å². The van der Waals surface area contributed by atoms with Crippen LogP contribution in [-0.4, -0.2) is 26.9 Å². The Balaban J connectivity index is 2.05. The Labute approximate surface area is 163 Å². The highest BCUT2D eigenvalue weighted by atomic mass is 35.5. The number of hydrogen-bond donors (Lipinski definition) is 0. The third kappa shape index (κ3) is 3.23. The fourth-order valence-electron chi connectivity index (χ4n) is 3.38. The minimum atomic E-state index is -3.73. The molecule has 0 unspecified atom stereocenters. The maximum Gasteiger partial charge on any atom is 0.183 e. The summed E-state index contributed by atoms with van der Waals surface area (Å²) >= 11 is 11.8. The Morgan fingerprint density at radius 2 is 1.62 bits per heavy atom. The molecule has 0 saturated heterocycles. The summed E-state index contributed by atoms with van der Waals surface area (Å²) in [6.07, 6.45) is 0. The van der Waals surface area contributed by atoms with E-state index in [1.807, 2.05) is 6.92 Å². The van der Waals surface area contributed by atoms with Gasteiger partial charge in [-0.05, 0) is 48.9 Å². The molecule has 0 spiro atoms. The zero-order valence-electron chi connectivity index (χ0n) is 14.0. The van der Waals surface area contributed by atoms with Crippen LogP contribution in [0.4, 0.5) is 0 Å². The molecule has 3 atom stereocenters. The molecule has 136 valence electrons. The summed E-state index contributed by atoms with van der Waals surface area (Å²) in [5, 5.41) is 9.98. The van der Waals surface area contributed by atoms with Crippen molar-refractivity contribution >= 4 is 33.0 Å². The predicted molar refractivity (Wildman–Crippen MR) is 101 cm³/mol. The number of nitriles is 1. The fraction of sp³-hybridized carbons (Fsp3) is 0.316. The van der Waals surface area contributed by atoms with Crippen LogP contribution in [-0.2, 0) is 14.6 Å². The molecule has 0 N–H and O–H groups in total. The maximum absolute atomic E-state index is 13.2. The van der Waals surface area contributed by atoms with Gasteiger partial charge >= 0.3 is 0 Å². The SMILES string of the molecule is CCOC[C@]1(C#N)[C@H](c2ccc(Cl)cc2)[C@H]1S(=O)(=O)c1ccc(Cl)cc1. The number of sulfone groups is 1. The van der Waals surface area contributed by atoms with E-state index in [4.69, 9.17) is 27.9 Å². The first-order chi connectivity index (χ1) is 12.4. The number of hydrogen-bond acceptors (Lipinski definition) is 4. The molecular weight excluding hydrogens is 393 g/mol. The monoisotopic (exact) mass is 409 g/mol. The zero-order chi connectivity index (χ0) is 18.9. The van der Waals surface area contributed by atoms with Gasteiger partial charge in [0.25, 0.3) is 0 Å². The second kappa shape index (κ2) is 7.21. The molecule has 2 aromatic carbocycles. The summed E-state index contributed by atoms with van der Waals surface area (Å²) < 4.78 is 31.9. The molecule has 0 radical (unpaired) electrons. The Bertz CT molecular complexity index is 936. The summed E-state index contributed by atoms with van der Waals surface area (Å²) in [6, 6.07) is 15.2. The van der Waals surface area contributed by atoms with Crippen LogP contribution >= 0.6 is 23.2 Å². The van der Waals surface area contributed by atoms with Crippen LogP contribution in [0.25, 0.3) is 0 Å². The molecule has 1 aliphatic carbocycles. The number of rotatable bonds is 6. The molecular formula is C19H17Cl2NO3S. The first-order valence-electron chi connectivity index (χ1n) is 8.10. The van der Waals surface area contributed by atoms with Crippen LogP contribution in [0.1, 0.15) is 18.4 Å². The summed E-state index contributed by atoms with van der Waals surface area (Å²) in [7, 11) is -3.73. The van der Waals surface area contributed by atoms with Gasteiger partial charge in [-0.3, -0.25) is 0 Å². The van der Waals surface area contributed by atoms with Gasteiger partial charge in [0.05, 0.1) is 22.8 Å². The van der Waals surface area contributed by atoms with E-state index in [9.17, 15) is 13.7 Å². The number of nitrogens with zero attached hydrogens (tertiary/aromatic N) is 1. The molecule has 0 aliphatic heterocycles. The zero-order valence-corrected chi connectivity index (χ0v) is 16.4. The van der Waals surface area contributed by atoms with Gasteiger partial charge in [0, 0.05) is 22.6 Å². The van der Waals surface area contributed by atoms with E-state index in [0.717, 1.165) is 5.56 Å². The lowest BCUT2D eigenvalue weighted by Gasteiger charge is -2.10. The maximum atomic E-state index is 13.2. The van der Waals surface area contributed by atoms with E-state index in [2.05, 4.69) is 6.07 Å². The third-order valence-electron chi connectivity index (χ3n) is 4.72. The molecule has 7 heteroatoms. The van der Waals surface area contributed by atoms with Gasteiger partial charge in [-0.15, -0.1) is 0 Å². The summed E-state index contributed by atoms with van der Waals surface area (Å²) in [5.41, 5.74) is -0.360. The van der Waals surface area contributed by atoms with E-state index in [1.54, 1.807) is 24.3 Å². The normalized spacial score (nSPS) is 24.8. The minimum Gasteiger partial charge on any atom is -0.380 e. The van der Waals surface area contributed by atoms with Crippen LogP contribution < -0.4 is 0 Å². The van der Waals surface area contributed by atoms with E-state index >= 15 is 0 Å². The van der Waals surface area contributed by atoms with Crippen molar-refractivity contribution in [3.05, 3.63) is 64.1 Å². The predicted octanol–water partition coefficient (Wildman–Crippen LogP) is 4.48. The van der Waals surface area contributed by atoms with Crippen molar-refractivity contribution < 1.29 is 13.2 Å². The minimum absolute atomic E-state index is 0.0603. The molecule has 3 rings (SSSR count). The van der Waals surface area contributed by atoms with Crippen molar-refractivity contribution in [1.82, 2.24) is 0 Å². The summed E-state index contributed by atoms with van der Waals surface area (Å²) in [4.78, 5) is 0.152. The van der Waals surface area contributed by atoms with Gasteiger partial charge < -0.3 is 4.74 Å². The van der Waals surface area contributed by atoms with Gasteiger partial charge in [0.1, 0.15) is 5.41 Å². The third-order valence-corrected chi connectivity index (χ3v) is 7.51. The van der Waals surface area contributed by atoms with Crippen LogP contribution in [0.15, 0.2) is 53.4 Å². The Morgan fingerprint density at radius 3 is 2.12 bits per heavy atom. The molecule has 0 bridgehead atoms. The molecule has 26 heavy (non-hydrogen) atoms. The highest BCUT2D eigenvalue weighted by molar-refractivity contribution is 7.92. The van der Waals surface area contributed by atoms with E-state index in [1.165, 1.54) is 24.3 Å². The van der Waals surface area contributed by atoms with Crippen LogP contribution in [0.5, 0.6) is 0 Å². The Morgan fingerprint density at radius 1 is 1.08 bits per heavy atom. The van der Waals surface area contributed by atoms with E-state index in [-0.39, 0.29) is 11.5 Å². The molecule has 0 heterocycles. The molecule has 1 fully saturated rings. The second-order valence-electron chi connectivity index (χ2n) is 6.24. The van der Waals surface area contributed by atoms with Crippen molar-refractivity contribution in [2.24, 2.45) is 5.41 Å². The summed E-state index contributed by atoms with van der Waals surface area (Å²) in [6.45, 7) is 2.28. The standard InChI is InChI=1S/C19H17Cl2NO3S/c1-2-25-12-19(11-22)17(13-3-5-14(20)6-4-13)18(19)26(23,24)16-9-7-15(21)8-10-16/h3-10,17-18H,2,12H2,1H3/t17-,18-,19-/m1/s1. The average molecular weight is 410 g/mol. The first kappa shape index (κ1) is 19.2. The van der Waals surface area contributed by atoms with Crippen LogP contribution in [0, 0.1) is 16.7 Å². The van der Waals surface area contributed by atoms with Crippen molar-refractivity contribution in [3.8, 4) is 6.07 Å². The number of halogens is 2. The Kier molecular flexibility index (Phi) is 5.32. The lowest BCUT2D eigenvalue weighted by Crippen LogP contribution is -2.19. The molecule has 0 aromatic heterocycles. The molecule has 0 amide bonds. The highest BCUT2D eigenvalue weighted by Crippen LogP contribution is 2.64. The largest absolute Gasteiger partial charge is 0.380 e. The van der Waals surface area contributed by atoms with Crippen molar-refractivity contribution in [2.75, 3.05) is 13.2 Å². The van der Waals surface area contributed by atoms with Crippen LogP contribution in [0.3, 0.4) is 0 Å². The van der Waals surface area contributed by atoms with Crippen molar-refractivity contribution in [2.45, 2.75) is 23.0 Å². The van der Waals surface area contributed by atoms with Gasteiger partial charge in [-0.1, -0.05) is 35.3 Å². The highest BCUT2D eigenvalue weighted by Gasteiger charge is 2.72. The topological polar surface area (TPSA) is 67.2 Å². The molecule has 1 aliphatic rings. The van der Waals surface area contributed by atoms with Gasteiger partial charge in [0.2, 0.25) is 0 Å². The average Bonchev–Trinajstić information content (AvgIpc) is 3.31. The Hall–Kier alpha value is -1.58. The van der Waals surface area contributed by atoms with Gasteiger partial charge in [-0.25, -0.2) is 8.42 Å². The molecule has 4 nitrogen and oxygen atoms in total. The van der Waals surface area contributed by atoms with E-state index in [0.29, 0.717) is 16.7 Å². The lowest BCUT2D eigenvalue weighted by molar-refractivity contribution is 0.117. The fourth-order valence-corrected chi connectivity index (χ4v) is 5.94. The lowest BCUT2D eigenvalue weighted by atomic mass is 10.0. The number of ether oxygens (including phenoxy) is 1. The molecule has 2 aromatic rings. The van der Waals surface area contributed by atoms with Crippen molar-refractivity contribution in [1.29, 1.82) is 5.26 Å².